The second-order valence-electron chi connectivity index (χ2n) is 6.64. The second kappa shape index (κ2) is 7.03. The van der Waals surface area contributed by atoms with Gasteiger partial charge in [-0.3, -0.25) is 4.79 Å². The predicted molar refractivity (Wildman–Crippen MR) is 97.8 cm³/mol. The van der Waals surface area contributed by atoms with Crippen LogP contribution in [0.25, 0.3) is 22.7 Å². The number of ether oxygens (including phenoxy) is 2. The first-order valence-electron chi connectivity index (χ1n) is 8.79. The summed E-state index contributed by atoms with van der Waals surface area (Å²) in [7, 11) is 1.53. The molecule has 1 aliphatic rings. The molecule has 4 rings (SSSR count). The molecule has 1 atom stereocenters. The highest BCUT2D eigenvalue weighted by molar-refractivity contribution is 5.80. The van der Waals surface area contributed by atoms with Crippen molar-refractivity contribution in [2.75, 3.05) is 20.3 Å². The maximum atomic E-state index is 13.7. The van der Waals surface area contributed by atoms with Crippen molar-refractivity contribution in [1.82, 2.24) is 19.9 Å². The van der Waals surface area contributed by atoms with E-state index in [9.17, 15) is 18.0 Å². The molecule has 0 amide bonds. The highest BCUT2D eigenvalue weighted by Crippen LogP contribution is 2.37. The van der Waals surface area contributed by atoms with E-state index in [0.29, 0.717) is 11.1 Å². The molecule has 10 heteroatoms. The molecule has 3 heterocycles. The van der Waals surface area contributed by atoms with Crippen LogP contribution in [0.1, 0.15) is 11.4 Å². The molecule has 0 spiro atoms. The molecule has 3 aromatic rings. The Morgan fingerprint density at radius 3 is 2.69 bits per heavy atom. The minimum atomic E-state index is -4.75. The molecule has 152 valence electrons. The van der Waals surface area contributed by atoms with Gasteiger partial charge in [0, 0.05) is 7.11 Å². The van der Waals surface area contributed by atoms with Gasteiger partial charge in [0.1, 0.15) is 11.8 Å². The number of hydrogen-bond acceptors (Lipinski definition) is 6. The van der Waals surface area contributed by atoms with Gasteiger partial charge >= 0.3 is 6.18 Å². The van der Waals surface area contributed by atoms with Crippen molar-refractivity contribution in [1.29, 1.82) is 0 Å². The monoisotopic (exact) mass is 406 g/mol. The van der Waals surface area contributed by atoms with E-state index >= 15 is 0 Å². The van der Waals surface area contributed by atoms with Gasteiger partial charge in [0.25, 0.3) is 5.56 Å². The lowest BCUT2D eigenvalue weighted by atomic mass is 10.1. The van der Waals surface area contributed by atoms with Crippen LogP contribution < -0.4 is 16.1 Å². The Morgan fingerprint density at radius 1 is 1.31 bits per heavy atom. The van der Waals surface area contributed by atoms with Crippen LogP contribution in [0, 0.1) is 6.92 Å². The first-order valence-corrected chi connectivity index (χ1v) is 8.79. The summed E-state index contributed by atoms with van der Waals surface area (Å²) >= 11 is 0. The number of alkyl halides is 3. The normalized spacial score (nSPS) is 18.7. The Hall–Kier alpha value is -3.14. The van der Waals surface area contributed by atoms with Crippen LogP contribution in [0.4, 0.5) is 13.2 Å². The van der Waals surface area contributed by atoms with Gasteiger partial charge < -0.3 is 14.8 Å². The molecule has 1 aromatic carbocycles. The van der Waals surface area contributed by atoms with Crippen LogP contribution in [0.3, 0.4) is 0 Å². The molecule has 1 saturated heterocycles. The Kier molecular flexibility index (Phi) is 4.65. The summed E-state index contributed by atoms with van der Waals surface area (Å²) in [6, 6.07) is 7.78. The quantitative estimate of drug-likeness (QED) is 0.711. The molecule has 1 fully saturated rings. The van der Waals surface area contributed by atoms with Crippen molar-refractivity contribution < 1.29 is 22.6 Å². The van der Waals surface area contributed by atoms with E-state index in [1.54, 1.807) is 25.1 Å². The van der Waals surface area contributed by atoms with Gasteiger partial charge in [-0.15, -0.1) is 0 Å². The average molecular weight is 406 g/mol. The van der Waals surface area contributed by atoms with Crippen molar-refractivity contribution in [2.45, 2.75) is 19.1 Å². The van der Waals surface area contributed by atoms with Gasteiger partial charge in [-0.2, -0.15) is 22.8 Å². The first kappa shape index (κ1) is 19.2. The summed E-state index contributed by atoms with van der Waals surface area (Å²) in [6.45, 7) is 2.17. The number of rotatable bonds is 3. The van der Waals surface area contributed by atoms with Crippen LogP contribution in [-0.2, 0) is 15.7 Å². The molecule has 0 radical (unpaired) electrons. The van der Waals surface area contributed by atoms with E-state index in [1.165, 1.54) is 19.2 Å². The van der Waals surface area contributed by atoms with Crippen LogP contribution in [0.2, 0.25) is 0 Å². The largest absolute Gasteiger partial charge is 0.476 e. The Bertz CT molecular complexity index is 1180. The summed E-state index contributed by atoms with van der Waals surface area (Å²) < 4.78 is 52.3. The molecular formula is C19H17F3N4O3. The molecule has 7 nitrogen and oxygen atoms in total. The summed E-state index contributed by atoms with van der Waals surface area (Å²) in [6.07, 6.45) is -4.75. The van der Waals surface area contributed by atoms with Crippen molar-refractivity contribution in [3.63, 3.8) is 0 Å². The van der Waals surface area contributed by atoms with Crippen molar-refractivity contribution >= 4 is 11.5 Å². The lowest BCUT2D eigenvalue weighted by Crippen LogP contribution is -2.40. The van der Waals surface area contributed by atoms with Crippen LogP contribution >= 0.6 is 0 Å². The number of methoxy groups -OCH3 is 1. The van der Waals surface area contributed by atoms with E-state index in [2.05, 4.69) is 15.4 Å². The smallest absolute Gasteiger partial charge is 0.435 e. The fraction of sp³-hybridized carbons (Fsp3) is 0.316. The number of aromatic nitrogens is 3. The highest BCUT2D eigenvalue weighted by Gasteiger charge is 2.39. The molecule has 0 unspecified atom stereocenters. The predicted octanol–water partition coefficient (Wildman–Crippen LogP) is 1.50. The van der Waals surface area contributed by atoms with Gasteiger partial charge in [-0.25, -0.2) is 4.98 Å². The number of hydrogen-bond donors (Lipinski definition) is 1. The number of benzene rings is 1. The number of nitrogens with one attached hydrogen (secondary N) is 1. The van der Waals surface area contributed by atoms with E-state index in [0.717, 1.165) is 0 Å². The molecule has 1 aliphatic heterocycles. The highest BCUT2D eigenvalue weighted by atomic mass is 19.4. The van der Waals surface area contributed by atoms with Crippen molar-refractivity contribution in [2.24, 2.45) is 0 Å². The summed E-state index contributed by atoms with van der Waals surface area (Å²) in [5.41, 5.74) is -1.76. The van der Waals surface area contributed by atoms with Crippen LogP contribution in [-0.4, -0.2) is 41.0 Å². The van der Waals surface area contributed by atoms with Gasteiger partial charge in [0.05, 0.1) is 23.9 Å². The molecule has 0 saturated carbocycles. The van der Waals surface area contributed by atoms with Gasteiger partial charge in [0.15, 0.2) is 11.3 Å². The SMILES string of the molecule is COC[C@@H]1CO/C(=c2/c(C)nc3c(-c4ccccc4)c(C(F)(F)F)nn3c2=O)N1. The third kappa shape index (κ3) is 3.29. The zero-order valence-corrected chi connectivity index (χ0v) is 15.6. The first-order chi connectivity index (χ1) is 13.8. The maximum absolute atomic E-state index is 13.7. The average Bonchev–Trinajstić information content (AvgIpc) is 3.27. The lowest BCUT2D eigenvalue weighted by molar-refractivity contribution is -0.140. The topological polar surface area (TPSA) is 77.8 Å². The molecule has 0 aliphatic carbocycles. The Morgan fingerprint density at radius 2 is 2.03 bits per heavy atom. The fourth-order valence-electron chi connectivity index (χ4n) is 3.35. The molecule has 1 N–H and O–H groups in total. The summed E-state index contributed by atoms with van der Waals surface area (Å²) in [5.74, 6) is 0.161. The third-order valence-electron chi connectivity index (χ3n) is 4.59. The number of aryl methyl sites for hydroxylation is 1. The summed E-state index contributed by atoms with van der Waals surface area (Å²) in [5, 5.41) is 6.64. The summed E-state index contributed by atoms with van der Waals surface area (Å²) in [4.78, 5) is 17.3. The molecule has 2 aromatic heterocycles. The standard InChI is InChI=1S/C19H17F3N4O3/c1-10-13(17-24-12(8-28-2)9-29-17)18(27)26-16(23-10)14(11-6-4-3-5-7-11)15(25-26)19(20,21)22/h3-7,12,24H,8-9H2,1-2H3/b17-13-/t12-/m1/s1. The maximum Gasteiger partial charge on any atom is 0.435 e. The van der Waals surface area contributed by atoms with Gasteiger partial charge in [-0.05, 0) is 12.5 Å². The van der Waals surface area contributed by atoms with E-state index in [1.807, 2.05) is 0 Å². The zero-order chi connectivity index (χ0) is 20.8. The van der Waals surface area contributed by atoms with Crippen molar-refractivity contribution in [3.8, 4) is 11.1 Å². The molecule has 0 bridgehead atoms. The third-order valence-corrected chi connectivity index (χ3v) is 4.59. The number of halogens is 3. The molecule has 29 heavy (non-hydrogen) atoms. The zero-order valence-electron chi connectivity index (χ0n) is 15.6. The molecular weight excluding hydrogens is 389 g/mol. The Balaban J connectivity index is 2.01. The Labute approximate surface area is 162 Å². The fourth-order valence-corrected chi connectivity index (χ4v) is 3.35. The van der Waals surface area contributed by atoms with E-state index in [4.69, 9.17) is 9.47 Å². The van der Waals surface area contributed by atoms with Crippen LogP contribution in [0.15, 0.2) is 35.1 Å². The minimum absolute atomic E-state index is 0.0481. The number of fused-ring (bicyclic) bond motifs is 1. The van der Waals surface area contributed by atoms with Gasteiger partial charge in [-0.1, -0.05) is 30.3 Å². The van der Waals surface area contributed by atoms with Crippen molar-refractivity contribution in [3.05, 3.63) is 57.3 Å². The lowest BCUT2D eigenvalue weighted by Gasteiger charge is -2.06. The van der Waals surface area contributed by atoms with Gasteiger partial charge in [0.2, 0.25) is 5.88 Å². The number of nitrogens with zero attached hydrogens (tertiary/aromatic N) is 3. The minimum Gasteiger partial charge on any atom is -0.476 e. The second-order valence-corrected chi connectivity index (χ2v) is 6.64. The van der Waals surface area contributed by atoms with E-state index < -0.39 is 17.4 Å². The van der Waals surface area contributed by atoms with Crippen LogP contribution in [0.5, 0.6) is 0 Å². The van der Waals surface area contributed by atoms with E-state index in [-0.39, 0.29) is 46.2 Å².